The van der Waals surface area contributed by atoms with Crippen LogP contribution in [-0.4, -0.2) is 38.5 Å². The van der Waals surface area contributed by atoms with E-state index in [2.05, 4.69) is 15.4 Å². The molecule has 1 aromatic heterocycles. The molecule has 0 N–H and O–H groups in total. The Labute approximate surface area is 249 Å². The summed E-state index contributed by atoms with van der Waals surface area (Å²) in [5.74, 6) is 0.0245. The zero-order chi connectivity index (χ0) is 32.0. The Morgan fingerprint density at radius 3 is 2.16 bits per heavy atom. The Hall–Kier alpha value is -4.04. The lowest BCUT2D eigenvalue weighted by Crippen LogP contribution is -2.33. The van der Waals surface area contributed by atoms with Crippen molar-refractivity contribution in [1.29, 1.82) is 0 Å². The second-order valence-corrected chi connectivity index (χ2v) is 12.0. The predicted molar refractivity (Wildman–Crippen MR) is 147 cm³/mol. The van der Waals surface area contributed by atoms with Crippen LogP contribution in [0.3, 0.4) is 0 Å². The molecule has 0 bridgehead atoms. The van der Waals surface area contributed by atoms with E-state index in [9.17, 15) is 31.1 Å². The highest BCUT2D eigenvalue weighted by Crippen LogP contribution is 2.43. The molecular weight excluding hydrogens is 594 g/mol. The largest absolute Gasteiger partial charge is 0.533 e. The maximum absolute atomic E-state index is 13.7. The molecule has 1 atom stereocenters. The SMILES string of the molecule is Cn1nnc(N(Cc2cc(C(F)(F)F)cc(C(F)(F)F)c2)[C@H]2CCCN(OC(=O)OC(C)(C)C)c3cc4c(cc32)CCC4)n1. The summed E-state index contributed by atoms with van der Waals surface area (Å²) in [5, 5.41) is 13.7. The maximum Gasteiger partial charge on any atom is 0.533 e. The number of alkyl halides is 6. The van der Waals surface area contributed by atoms with E-state index in [-0.39, 0.29) is 30.7 Å². The first-order chi connectivity index (χ1) is 20.5. The molecule has 0 fully saturated rings. The van der Waals surface area contributed by atoms with Crippen LogP contribution in [0.1, 0.15) is 79.5 Å². The minimum Gasteiger partial charge on any atom is -0.427 e. The first-order valence-corrected chi connectivity index (χ1v) is 14.1. The zero-order valence-electron chi connectivity index (χ0n) is 24.6. The molecule has 0 unspecified atom stereocenters. The van der Waals surface area contributed by atoms with Gasteiger partial charge < -0.3 is 14.5 Å². The number of carbonyl (C=O) groups excluding carboxylic acids is 1. The van der Waals surface area contributed by atoms with Crippen LogP contribution in [0.5, 0.6) is 0 Å². The van der Waals surface area contributed by atoms with Gasteiger partial charge >= 0.3 is 18.5 Å². The van der Waals surface area contributed by atoms with Gasteiger partial charge in [0.15, 0.2) is 0 Å². The van der Waals surface area contributed by atoms with Crippen molar-refractivity contribution in [3.8, 4) is 0 Å². The number of hydroxylamine groups is 1. The number of tetrazole rings is 1. The van der Waals surface area contributed by atoms with Crippen molar-refractivity contribution in [3.63, 3.8) is 0 Å². The number of carbonyl (C=O) groups is 1. The number of aromatic nitrogens is 4. The number of halogens is 6. The first kappa shape index (κ1) is 31.4. The van der Waals surface area contributed by atoms with Crippen LogP contribution in [0.15, 0.2) is 30.3 Å². The van der Waals surface area contributed by atoms with E-state index in [4.69, 9.17) is 9.57 Å². The molecular formula is C29H32F6N6O3. The Bertz CT molecular complexity index is 1500. The second kappa shape index (κ2) is 11.5. The van der Waals surface area contributed by atoms with Gasteiger partial charge in [0.25, 0.3) is 5.95 Å². The fraction of sp³-hybridized carbons (Fsp3) is 0.517. The van der Waals surface area contributed by atoms with Crippen molar-refractivity contribution >= 4 is 17.8 Å². The number of benzene rings is 2. The van der Waals surface area contributed by atoms with E-state index >= 15 is 0 Å². The molecule has 0 saturated carbocycles. The summed E-state index contributed by atoms with van der Waals surface area (Å²) in [6.07, 6.45) is -7.54. The number of hydrogen-bond acceptors (Lipinski definition) is 8. The quantitative estimate of drug-likeness (QED) is 0.222. The molecule has 238 valence electrons. The van der Waals surface area contributed by atoms with Gasteiger partial charge in [0, 0.05) is 12.1 Å². The average Bonchev–Trinajstić information content (AvgIpc) is 3.51. The molecule has 0 saturated heterocycles. The van der Waals surface area contributed by atoms with Gasteiger partial charge in [-0.2, -0.15) is 31.1 Å². The molecule has 2 heterocycles. The lowest BCUT2D eigenvalue weighted by Gasteiger charge is -2.32. The molecule has 2 aromatic carbocycles. The Balaban J connectivity index is 1.60. The summed E-state index contributed by atoms with van der Waals surface area (Å²) < 4.78 is 87.6. The normalized spacial score (nSPS) is 17.1. The zero-order valence-corrected chi connectivity index (χ0v) is 24.6. The highest BCUT2D eigenvalue weighted by molar-refractivity contribution is 5.66. The molecule has 2 aliphatic rings. The van der Waals surface area contributed by atoms with Crippen molar-refractivity contribution in [2.24, 2.45) is 7.05 Å². The molecule has 1 aliphatic heterocycles. The molecule has 0 spiro atoms. The van der Waals surface area contributed by atoms with Crippen LogP contribution in [0.2, 0.25) is 0 Å². The third kappa shape index (κ3) is 7.02. The van der Waals surface area contributed by atoms with Crippen LogP contribution < -0.4 is 9.96 Å². The summed E-state index contributed by atoms with van der Waals surface area (Å²) >= 11 is 0. The summed E-state index contributed by atoms with van der Waals surface area (Å²) in [6, 6.07) is 4.79. The maximum atomic E-state index is 13.7. The van der Waals surface area contributed by atoms with Gasteiger partial charge in [-0.3, -0.25) is 0 Å². The van der Waals surface area contributed by atoms with E-state index in [1.165, 1.54) is 12.1 Å². The fourth-order valence-corrected chi connectivity index (χ4v) is 5.61. The van der Waals surface area contributed by atoms with Crippen LogP contribution in [0.4, 0.5) is 42.8 Å². The lowest BCUT2D eigenvalue weighted by molar-refractivity contribution is -0.143. The molecule has 1 aliphatic carbocycles. The van der Waals surface area contributed by atoms with Crippen molar-refractivity contribution in [1.82, 2.24) is 20.2 Å². The number of ether oxygens (including phenoxy) is 1. The standard InChI is InChI=1S/C29H32F6N6O3/c1-27(2,3)43-26(42)44-41-10-6-9-23(22-13-18-7-5-8-19(18)14-24(22)41)40(25-36-38-39(4)37-25)16-17-11-20(28(30,31)32)15-21(12-17)29(33,34)35/h11-15,23H,5-10,16H2,1-4H3/t23-/m0/s1. The Kier molecular flexibility index (Phi) is 8.18. The number of anilines is 2. The third-order valence-corrected chi connectivity index (χ3v) is 7.41. The van der Waals surface area contributed by atoms with Gasteiger partial charge in [0.1, 0.15) is 5.60 Å². The smallest absolute Gasteiger partial charge is 0.427 e. The van der Waals surface area contributed by atoms with Crippen molar-refractivity contribution in [2.45, 2.75) is 83.4 Å². The van der Waals surface area contributed by atoms with Crippen LogP contribution in [0.25, 0.3) is 0 Å². The molecule has 0 amide bonds. The number of nitrogens with zero attached hydrogens (tertiary/aromatic N) is 6. The number of fused-ring (bicyclic) bond motifs is 2. The van der Waals surface area contributed by atoms with Crippen molar-refractivity contribution < 1.29 is 40.7 Å². The monoisotopic (exact) mass is 626 g/mol. The topological polar surface area (TPSA) is 85.6 Å². The minimum absolute atomic E-state index is 0.0245. The van der Waals surface area contributed by atoms with Crippen LogP contribution >= 0.6 is 0 Å². The fourth-order valence-electron chi connectivity index (χ4n) is 5.61. The third-order valence-electron chi connectivity index (χ3n) is 7.41. The van der Waals surface area contributed by atoms with Gasteiger partial charge in [0.05, 0.1) is 36.4 Å². The Morgan fingerprint density at radius 2 is 1.59 bits per heavy atom. The predicted octanol–water partition coefficient (Wildman–Crippen LogP) is 6.95. The van der Waals surface area contributed by atoms with E-state index < -0.39 is 41.3 Å². The van der Waals surface area contributed by atoms with Gasteiger partial charge in [-0.05, 0) is 99.0 Å². The van der Waals surface area contributed by atoms with E-state index in [1.807, 2.05) is 12.1 Å². The molecule has 15 heteroatoms. The highest BCUT2D eigenvalue weighted by atomic mass is 19.4. The van der Waals surface area contributed by atoms with Gasteiger partial charge in [-0.1, -0.05) is 11.2 Å². The highest BCUT2D eigenvalue weighted by Gasteiger charge is 2.38. The second-order valence-electron chi connectivity index (χ2n) is 12.0. The van der Waals surface area contributed by atoms with Crippen molar-refractivity contribution in [2.75, 3.05) is 16.5 Å². The van der Waals surface area contributed by atoms with Crippen molar-refractivity contribution in [3.05, 3.63) is 63.7 Å². The van der Waals surface area contributed by atoms with E-state index in [0.717, 1.165) is 35.2 Å². The van der Waals surface area contributed by atoms with Gasteiger partial charge in [-0.25, -0.2) is 9.86 Å². The summed E-state index contributed by atoms with van der Waals surface area (Å²) in [7, 11) is 1.50. The van der Waals surface area contributed by atoms with Gasteiger partial charge in [-0.15, -0.1) is 5.10 Å². The van der Waals surface area contributed by atoms with Gasteiger partial charge in [0.2, 0.25) is 0 Å². The van der Waals surface area contributed by atoms with E-state index in [0.29, 0.717) is 36.2 Å². The Morgan fingerprint density at radius 1 is 0.955 bits per heavy atom. The molecule has 5 rings (SSSR count). The summed E-state index contributed by atoms with van der Waals surface area (Å²) in [5.41, 5.74) is -0.502. The molecule has 0 radical (unpaired) electrons. The number of hydrogen-bond donors (Lipinski definition) is 0. The number of rotatable bonds is 5. The summed E-state index contributed by atoms with van der Waals surface area (Å²) in [4.78, 5) is 21.0. The number of aryl methyl sites for hydroxylation is 3. The first-order valence-electron chi connectivity index (χ1n) is 14.1. The van der Waals surface area contributed by atoms with Crippen LogP contribution in [-0.2, 0) is 48.4 Å². The lowest BCUT2D eigenvalue weighted by atomic mass is 9.95. The molecule has 44 heavy (non-hydrogen) atoms. The van der Waals surface area contributed by atoms with Crippen LogP contribution in [0, 0.1) is 0 Å². The molecule has 9 nitrogen and oxygen atoms in total. The minimum atomic E-state index is -5.00. The summed E-state index contributed by atoms with van der Waals surface area (Å²) in [6.45, 7) is 5.00. The average molecular weight is 627 g/mol. The van der Waals surface area contributed by atoms with E-state index in [1.54, 1.807) is 25.7 Å². The molecule has 3 aromatic rings.